The molecular weight excluding hydrogens is 246 g/mol. The van der Waals surface area contributed by atoms with E-state index in [2.05, 4.69) is 61.6 Å². The summed E-state index contributed by atoms with van der Waals surface area (Å²) in [6.45, 7) is 16.4. The summed E-state index contributed by atoms with van der Waals surface area (Å²) in [6.07, 6.45) is 3.06. The third kappa shape index (κ3) is 5.74. The molecular formula is C17H29N3. The van der Waals surface area contributed by atoms with Crippen LogP contribution in [0.3, 0.4) is 0 Å². The van der Waals surface area contributed by atoms with Gasteiger partial charge in [0.25, 0.3) is 0 Å². The molecule has 0 amide bonds. The van der Waals surface area contributed by atoms with Gasteiger partial charge in [0.1, 0.15) is 5.82 Å². The van der Waals surface area contributed by atoms with Gasteiger partial charge in [0, 0.05) is 25.3 Å². The second kappa shape index (κ2) is 8.75. The molecule has 20 heavy (non-hydrogen) atoms. The molecule has 0 unspecified atom stereocenters. The van der Waals surface area contributed by atoms with Crippen LogP contribution in [-0.2, 0) is 6.54 Å². The van der Waals surface area contributed by atoms with Gasteiger partial charge in [0.2, 0.25) is 0 Å². The van der Waals surface area contributed by atoms with Crippen molar-refractivity contribution in [3.63, 3.8) is 0 Å². The van der Waals surface area contributed by atoms with Gasteiger partial charge in [0.15, 0.2) is 0 Å². The lowest BCUT2D eigenvalue weighted by Crippen LogP contribution is -2.26. The van der Waals surface area contributed by atoms with Gasteiger partial charge in [-0.3, -0.25) is 0 Å². The maximum atomic E-state index is 4.66. The fourth-order valence-corrected chi connectivity index (χ4v) is 2.22. The summed E-state index contributed by atoms with van der Waals surface area (Å²) in [5.74, 6) is 1.74. The minimum atomic E-state index is 0.676. The van der Waals surface area contributed by atoms with Gasteiger partial charge in [-0.15, -0.1) is 6.58 Å². The third-order valence-electron chi connectivity index (χ3n) is 3.05. The molecule has 0 spiro atoms. The van der Waals surface area contributed by atoms with Crippen molar-refractivity contribution < 1.29 is 0 Å². The number of hydrogen-bond acceptors (Lipinski definition) is 3. The molecule has 0 fully saturated rings. The topological polar surface area (TPSA) is 28.2 Å². The van der Waals surface area contributed by atoms with Crippen molar-refractivity contribution in [2.45, 2.75) is 40.7 Å². The number of anilines is 1. The van der Waals surface area contributed by atoms with Gasteiger partial charge in [-0.1, -0.05) is 26.8 Å². The first-order valence-electron chi connectivity index (χ1n) is 7.61. The van der Waals surface area contributed by atoms with E-state index < -0.39 is 0 Å². The largest absolute Gasteiger partial charge is 0.353 e. The number of aryl methyl sites for hydroxylation is 1. The smallest absolute Gasteiger partial charge is 0.129 e. The van der Waals surface area contributed by atoms with Crippen LogP contribution in [0.5, 0.6) is 0 Å². The van der Waals surface area contributed by atoms with Crippen LogP contribution in [0.25, 0.3) is 0 Å². The van der Waals surface area contributed by atoms with E-state index in [-0.39, 0.29) is 0 Å². The number of pyridine rings is 1. The molecule has 0 aromatic carbocycles. The molecule has 0 aliphatic heterocycles. The summed E-state index contributed by atoms with van der Waals surface area (Å²) in [4.78, 5) is 6.95. The number of nitrogens with one attached hydrogen (secondary N) is 1. The predicted molar refractivity (Wildman–Crippen MR) is 88.2 cm³/mol. The Balaban J connectivity index is 2.80. The fraction of sp³-hybridized carbons (Fsp3) is 0.588. The summed E-state index contributed by atoms with van der Waals surface area (Å²) in [7, 11) is 0. The van der Waals surface area contributed by atoms with Crippen molar-refractivity contribution in [3.8, 4) is 0 Å². The molecule has 1 aromatic rings. The normalized spacial score (nSPS) is 10.8. The Morgan fingerprint density at radius 1 is 1.40 bits per heavy atom. The Kier molecular flexibility index (Phi) is 7.31. The molecule has 0 aliphatic carbocycles. The molecule has 3 heteroatoms. The standard InChI is InChI=1S/C17H29N3/c1-6-8-20(9-7-2)17-11-16(10-15(5)19-17)13-18-12-14(3)4/h6,10-11,14,18H,1,7-9,12-13H2,2-5H3. The maximum Gasteiger partial charge on any atom is 0.129 e. The van der Waals surface area contributed by atoms with Crippen LogP contribution in [0, 0.1) is 12.8 Å². The Labute approximate surface area is 124 Å². The van der Waals surface area contributed by atoms with E-state index >= 15 is 0 Å². The Morgan fingerprint density at radius 2 is 2.15 bits per heavy atom. The average Bonchev–Trinajstić information content (AvgIpc) is 2.37. The second-order valence-corrected chi connectivity index (χ2v) is 5.73. The van der Waals surface area contributed by atoms with Crippen LogP contribution in [0.2, 0.25) is 0 Å². The van der Waals surface area contributed by atoms with E-state index in [1.165, 1.54) is 5.56 Å². The SMILES string of the molecule is C=CCN(CCC)c1cc(CNCC(C)C)cc(C)n1. The highest BCUT2D eigenvalue weighted by molar-refractivity contribution is 5.43. The number of nitrogens with zero attached hydrogens (tertiary/aromatic N) is 2. The number of hydrogen-bond donors (Lipinski definition) is 1. The molecule has 0 saturated carbocycles. The zero-order chi connectivity index (χ0) is 15.0. The molecule has 112 valence electrons. The molecule has 1 rings (SSSR count). The third-order valence-corrected chi connectivity index (χ3v) is 3.05. The maximum absolute atomic E-state index is 4.66. The summed E-state index contributed by atoms with van der Waals surface area (Å²) in [5.41, 5.74) is 2.38. The van der Waals surface area contributed by atoms with Gasteiger partial charge >= 0.3 is 0 Å². The molecule has 1 aromatic heterocycles. The van der Waals surface area contributed by atoms with E-state index in [0.29, 0.717) is 5.92 Å². The minimum Gasteiger partial charge on any atom is -0.353 e. The molecule has 0 bridgehead atoms. The molecule has 0 saturated heterocycles. The van der Waals surface area contributed by atoms with E-state index in [1.54, 1.807) is 0 Å². The van der Waals surface area contributed by atoms with Crippen molar-refractivity contribution in [2.24, 2.45) is 5.92 Å². The van der Waals surface area contributed by atoms with E-state index in [0.717, 1.165) is 44.1 Å². The number of rotatable bonds is 9. The molecule has 3 nitrogen and oxygen atoms in total. The van der Waals surface area contributed by atoms with Crippen LogP contribution in [0.4, 0.5) is 5.82 Å². The molecule has 0 radical (unpaired) electrons. The zero-order valence-corrected chi connectivity index (χ0v) is 13.4. The summed E-state index contributed by atoms with van der Waals surface area (Å²) in [5, 5.41) is 3.49. The van der Waals surface area contributed by atoms with Gasteiger partial charge < -0.3 is 10.2 Å². The summed E-state index contributed by atoms with van der Waals surface area (Å²) in [6, 6.07) is 4.36. The molecule has 0 aliphatic rings. The van der Waals surface area contributed by atoms with Crippen LogP contribution < -0.4 is 10.2 Å². The van der Waals surface area contributed by atoms with Crippen LogP contribution in [-0.4, -0.2) is 24.6 Å². The highest BCUT2D eigenvalue weighted by Crippen LogP contribution is 2.15. The van der Waals surface area contributed by atoms with Crippen molar-refractivity contribution >= 4 is 5.82 Å². The Bertz CT molecular complexity index is 413. The molecule has 1 N–H and O–H groups in total. The van der Waals surface area contributed by atoms with E-state index in [9.17, 15) is 0 Å². The van der Waals surface area contributed by atoms with Crippen LogP contribution in [0.1, 0.15) is 38.4 Å². The molecule has 0 atom stereocenters. The van der Waals surface area contributed by atoms with Gasteiger partial charge in [0.05, 0.1) is 0 Å². The van der Waals surface area contributed by atoms with Crippen molar-refractivity contribution in [2.75, 3.05) is 24.5 Å². The number of aromatic nitrogens is 1. The van der Waals surface area contributed by atoms with Gasteiger partial charge in [-0.2, -0.15) is 0 Å². The Hall–Kier alpha value is -1.35. The first-order chi connectivity index (χ1) is 9.56. The van der Waals surface area contributed by atoms with Gasteiger partial charge in [-0.25, -0.2) is 4.98 Å². The highest BCUT2D eigenvalue weighted by Gasteiger charge is 2.07. The molecule has 1 heterocycles. The van der Waals surface area contributed by atoms with Crippen LogP contribution in [0.15, 0.2) is 24.8 Å². The lowest BCUT2D eigenvalue weighted by atomic mass is 10.2. The summed E-state index contributed by atoms with van der Waals surface area (Å²) >= 11 is 0. The van der Waals surface area contributed by atoms with Crippen molar-refractivity contribution in [1.29, 1.82) is 0 Å². The quantitative estimate of drug-likeness (QED) is 0.699. The van der Waals surface area contributed by atoms with E-state index in [1.807, 2.05) is 6.08 Å². The highest BCUT2D eigenvalue weighted by atomic mass is 15.2. The summed E-state index contributed by atoms with van der Waals surface area (Å²) < 4.78 is 0. The fourth-order valence-electron chi connectivity index (χ4n) is 2.22. The lowest BCUT2D eigenvalue weighted by Gasteiger charge is -2.22. The van der Waals surface area contributed by atoms with E-state index in [4.69, 9.17) is 0 Å². The van der Waals surface area contributed by atoms with Gasteiger partial charge in [-0.05, 0) is 43.5 Å². The first kappa shape index (κ1) is 16.7. The van der Waals surface area contributed by atoms with Crippen molar-refractivity contribution in [1.82, 2.24) is 10.3 Å². The monoisotopic (exact) mass is 275 g/mol. The Morgan fingerprint density at radius 3 is 2.75 bits per heavy atom. The zero-order valence-electron chi connectivity index (χ0n) is 13.4. The average molecular weight is 275 g/mol. The predicted octanol–water partition coefficient (Wildman–Crippen LogP) is 3.54. The minimum absolute atomic E-state index is 0.676. The van der Waals surface area contributed by atoms with Crippen molar-refractivity contribution in [3.05, 3.63) is 36.0 Å². The van der Waals surface area contributed by atoms with Crippen LogP contribution >= 0.6 is 0 Å². The first-order valence-corrected chi connectivity index (χ1v) is 7.61. The lowest BCUT2D eigenvalue weighted by molar-refractivity contribution is 0.552. The second-order valence-electron chi connectivity index (χ2n) is 5.73.